The highest BCUT2D eigenvalue weighted by atomic mass is 35.5. The lowest BCUT2D eigenvalue weighted by Crippen LogP contribution is -2.24. The molecule has 3 nitrogen and oxygen atoms in total. The number of methoxy groups -OCH3 is 1. The zero-order valence-corrected chi connectivity index (χ0v) is 9.95. The Kier molecular flexibility index (Phi) is 4.50. The van der Waals surface area contributed by atoms with Crippen LogP contribution in [0.3, 0.4) is 0 Å². The first-order valence-electron chi connectivity index (χ1n) is 4.91. The summed E-state index contributed by atoms with van der Waals surface area (Å²) in [6.07, 6.45) is 0.505. The second kappa shape index (κ2) is 5.66. The number of Topliss-reactive ketones (excluding diaryl/α,β-unsaturated/α-hetero) is 1. The van der Waals surface area contributed by atoms with E-state index in [1.54, 1.807) is 19.1 Å². The molecule has 0 aromatic heterocycles. The molecule has 0 spiro atoms. The third-order valence-electron chi connectivity index (χ3n) is 2.29. The molecule has 16 heavy (non-hydrogen) atoms. The van der Waals surface area contributed by atoms with Gasteiger partial charge in [0.25, 0.3) is 0 Å². The van der Waals surface area contributed by atoms with Crippen molar-refractivity contribution < 1.29 is 14.3 Å². The van der Waals surface area contributed by atoms with Gasteiger partial charge in [-0.2, -0.15) is 0 Å². The van der Waals surface area contributed by atoms with Crippen LogP contribution in [-0.4, -0.2) is 18.9 Å². The van der Waals surface area contributed by atoms with Crippen LogP contribution in [0.25, 0.3) is 0 Å². The Morgan fingerprint density at radius 3 is 2.38 bits per heavy atom. The van der Waals surface area contributed by atoms with Crippen LogP contribution in [0.4, 0.5) is 0 Å². The number of benzene rings is 1. The van der Waals surface area contributed by atoms with Crippen LogP contribution < -0.4 is 0 Å². The highest BCUT2D eigenvalue weighted by molar-refractivity contribution is 6.34. The van der Waals surface area contributed by atoms with Crippen molar-refractivity contribution in [1.82, 2.24) is 0 Å². The number of carbonyl (C=O) groups excluding carboxylic acids is 2. The number of hydrogen-bond donors (Lipinski definition) is 0. The fourth-order valence-corrected chi connectivity index (χ4v) is 1.49. The monoisotopic (exact) mass is 240 g/mol. The summed E-state index contributed by atoms with van der Waals surface area (Å²) in [5.41, 5.74) is 0.967. The van der Waals surface area contributed by atoms with Gasteiger partial charge >= 0.3 is 5.97 Å². The zero-order chi connectivity index (χ0) is 12.1. The van der Waals surface area contributed by atoms with Crippen molar-refractivity contribution in [2.75, 3.05) is 7.11 Å². The maximum atomic E-state index is 11.4. The number of rotatable bonds is 4. The molecule has 0 saturated carbocycles. The van der Waals surface area contributed by atoms with Crippen LogP contribution in [0.5, 0.6) is 0 Å². The van der Waals surface area contributed by atoms with Crippen molar-refractivity contribution in [2.45, 2.75) is 13.3 Å². The summed E-state index contributed by atoms with van der Waals surface area (Å²) >= 11 is 5.74. The summed E-state index contributed by atoms with van der Waals surface area (Å²) in [5.74, 6) is -1.67. The zero-order valence-electron chi connectivity index (χ0n) is 9.20. The van der Waals surface area contributed by atoms with E-state index in [4.69, 9.17) is 11.6 Å². The first-order valence-corrected chi connectivity index (χ1v) is 5.29. The van der Waals surface area contributed by atoms with E-state index in [9.17, 15) is 9.59 Å². The summed E-state index contributed by atoms with van der Waals surface area (Å²) in [6, 6.07) is 7.19. The quantitative estimate of drug-likeness (QED) is 0.599. The molecule has 1 unspecified atom stereocenters. The molecule has 0 radical (unpaired) electrons. The van der Waals surface area contributed by atoms with Gasteiger partial charge in [-0.05, 0) is 24.1 Å². The average molecular weight is 241 g/mol. The van der Waals surface area contributed by atoms with Crippen molar-refractivity contribution in [2.24, 2.45) is 5.92 Å². The lowest BCUT2D eigenvalue weighted by atomic mass is 9.97. The molecule has 0 fully saturated rings. The fourth-order valence-electron chi connectivity index (χ4n) is 1.37. The minimum Gasteiger partial charge on any atom is -0.463 e. The number of halogens is 1. The Labute approximate surface area is 99.4 Å². The van der Waals surface area contributed by atoms with E-state index in [0.29, 0.717) is 11.4 Å². The molecular weight excluding hydrogens is 228 g/mol. The molecule has 1 rings (SSSR count). The summed E-state index contributed by atoms with van der Waals surface area (Å²) in [7, 11) is 1.20. The molecule has 1 atom stereocenters. The lowest BCUT2D eigenvalue weighted by molar-refractivity contribution is -0.153. The van der Waals surface area contributed by atoms with E-state index in [-0.39, 0.29) is 5.92 Å². The van der Waals surface area contributed by atoms with Crippen LogP contribution in [0.1, 0.15) is 12.5 Å². The van der Waals surface area contributed by atoms with E-state index in [1.807, 2.05) is 12.1 Å². The molecule has 0 N–H and O–H groups in total. The molecule has 0 saturated heterocycles. The maximum Gasteiger partial charge on any atom is 0.374 e. The van der Waals surface area contributed by atoms with Gasteiger partial charge in [0, 0.05) is 10.9 Å². The largest absolute Gasteiger partial charge is 0.463 e. The first-order chi connectivity index (χ1) is 7.54. The Bertz CT molecular complexity index is 384. The molecule has 0 aliphatic heterocycles. The second-order valence-electron chi connectivity index (χ2n) is 3.59. The van der Waals surface area contributed by atoms with Gasteiger partial charge in [-0.3, -0.25) is 4.79 Å². The van der Waals surface area contributed by atoms with Gasteiger partial charge in [0.2, 0.25) is 5.78 Å². The molecule has 0 amide bonds. The average Bonchev–Trinajstić information content (AvgIpc) is 2.30. The van der Waals surface area contributed by atoms with Gasteiger partial charge in [0.15, 0.2) is 0 Å². The van der Waals surface area contributed by atoms with Crippen LogP contribution in [-0.2, 0) is 20.7 Å². The Morgan fingerprint density at radius 1 is 1.31 bits per heavy atom. The number of ketones is 1. The van der Waals surface area contributed by atoms with Gasteiger partial charge in [-0.15, -0.1) is 0 Å². The minimum absolute atomic E-state index is 0.381. The molecule has 86 valence electrons. The van der Waals surface area contributed by atoms with E-state index in [0.717, 1.165) is 5.56 Å². The van der Waals surface area contributed by atoms with Crippen LogP contribution in [0.2, 0.25) is 5.02 Å². The fraction of sp³-hybridized carbons (Fsp3) is 0.333. The number of esters is 1. The first kappa shape index (κ1) is 12.7. The minimum atomic E-state index is -0.790. The normalized spacial score (nSPS) is 11.9. The summed E-state index contributed by atoms with van der Waals surface area (Å²) < 4.78 is 4.38. The molecule has 4 heteroatoms. The molecule has 0 aliphatic carbocycles. The van der Waals surface area contributed by atoms with Gasteiger partial charge in [-0.1, -0.05) is 30.7 Å². The van der Waals surface area contributed by atoms with Gasteiger partial charge in [0.05, 0.1) is 7.11 Å². The van der Waals surface area contributed by atoms with E-state index >= 15 is 0 Å². The van der Waals surface area contributed by atoms with Crippen molar-refractivity contribution >= 4 is 23.4 Å². The molecular formula is C12H13ClO3. The summed E-state index contributed by atoms with van der Waals surface area (Å²) in [6.45, 7) is 1.70. The molecule has 0 bridgehead atoms. The Hall–Kier alpha value is -1.35. The van der Waals surface area contributed by atoms with Crippen molar-refractivity contribution in [3.05, 3.63) is 34.9 Å². The third-order valence-corrected chi connectivity index (χ3v) is 2.54. The van der Waals surface area contributed by atoms with E-state index in [2.05, 4.69) is 4.74 Å². The van der Waals surface area contributed by atoms with Crippen LogP contribution in [0, 0.1) is 5.92 Å². The number of hydrogen-bond acceptors (Lipinski definition) is 3. The number of carbonyl (C=O) groups is 2. The van der Waals surface area contributed by atoms with Crippen LogP contribution >= 0.6 is 11.6 Å². The highest BCUT2D eigenvalue weighted by Crippen LogP contribution is 2.14. The number of ether oxygens (including phenoxy) is 1. The van der Waals surface area contributed by atoms with Crippen molar-refractivity contribution in [3.8, 4) is 0 Å². The summed E-state index contributed by atoms with van der Waals surface area (Å²) in [5, 5.41) is 0.649. The third kappa shape index (κ3) is 3.35. The second-order valence-corrected chi connectivity index (χ2v) is 4.02. The highest BCUT2D eigenvalue weighted by Gasteiger charge is 2.21. The predicted octanol–water partition coefficient (Wildman–Crippen LogP) is 2.26. The summed E-state index contributed by atoms with van der Waals surface area (Å²) in [4.78, 5) is 22.4. The molecule has 1 aromatic carbocycles. The van der Waals surface area contributed by atoms with E-state index in [1.165, 1.54) is 7.11 Å². The topological polar surface area (TPSA) is 43.4 Å². The van der Waals surface area contributed by atoms with Gasteiger partial charge < -0.3 is 4.74 Å². The smallest absolute Gasteiger partial charge is 0.374 e. The van der Waals surface area contributed by atoms with E-state index < -0.39 is 11.8 Å². The SMILES string of the molecule is COC(=O)C(=O)C(C)Cc1ccc(Cl)cc1. The lowest BCUT2D eigenvalue weighted by Gasteiger charge is -2.08. The van der Waals surface area contributed by atoms with Crippen molar-refractivity contribution in [1.29, 1.82) is 0 Å². The standard InChI is InChI=1S/C12H13ClO3/c1-8(11(14)12(15)16-2)7-9-3-5-10(13)6-4-9/h3-6,8H,7H2,1-2H3. The van der Waals surface area contributed by atoms with Crippen LogP contribution in [0.15, 0.2) is 24.3 Å². The molecule has 0 aliphatic rings. The predicted molar refractivity (Wildman–Crippen MR) is 61.3 cm³/mol. The molecule has 0 heterocycles. The van der Waals surface area contributed by atoms with Gasteiger partial charge in [-0.25, -0.2) is 4.79 Å². The maximum absolute atomic E-state index is 11.4. The Balaban J connectivity index is 2.64. The molecule has 1 aromatic rings. The van der Waals surface area contributed by atoms with Crippen molar-refractivity contribution in [3.63, 3.8) is 0 Å². The van der Waals surface area contributed by atoms with Gasteiger partial charge in [0.1, 0.15) is 0 Å². The Morgan fingerprint density at radius 2 is 1.88 bits per heavy atom.